The van der Waals surface area contributed by atoms with Crippen LogP contribution in [-0.2, 0) is 7.05 Å². The molecule has 186 valence electrons. The number of urea groups is 1. The van der Waals surface area contributed by atoms with Crippen molar-refractivity contribution in [2.45, 2.75) is 12.8 Å². The van der Waals surface area contributed by atoms with E-state index in [1.54, 1.807) is 11.3 Å². The zero-order valence-corrected chi connectivity index (χ0v) is 21.6. The fourth-order valence-corrected chi connectivity index (χ4v) is 5.95. The van der Waals surface area contributed by atoms with Gasteiger partial charge in [-0.3, -0.25) is 0 Å². The highest BCUT2D eigenvalue weighted by Crippen LogP contribution is 2.33. The molecule has 2 amide bonds. The Kier molecular flexibility index (Phi) is 6.10. The molecule has 1 N–H and O–H groups in total. The van der Waals surface area contributed by atoms with Gasteiger partial charge in [0, 0.05) is 62.7 Å². The quantitative estimate of drug-likeness (QED) is 0.438. The minimum Gasteiger partial charge on any atom is -0.355 e. The van der Waals surface area contributed by atoms with E-state index in [4.69, 9.17) is 0 Å². The summed E-state index contributed by atoms with van der Waals surface area (Å²) in [5.41, 5.74) is 8.34. The molecule has 0 bridgehead atoms. The van der Waals surface area contributed by atoms with Gasteiger partial charge in [0.15, 0.2) is 0 Å². The maximum absolute atomic E-state index is 13.1. The number of amides is 2. The summed E-state index contributed by atoms with van der Waals surface area (Å²) in [5, 5.41) is 4.67. The third-order valence-electron chi connectivity index (χ3n) is 7.34. The van der Waals surface area contributed by atoms with Crippen LogP contribution in [-0.4, -0.2) is 81.6 Å². The van der Waals surface area contributed by atoms with Crippen molar-refractivity contribution in [3.8, 4) is 0 Å². The highest BCUT2D eigenvalue weighted by atomic mass is 32.1. The van der Waals surface area contributed by atoms with E-state index in [9.17, 15) is 4.79 Å². The van der Waals surface area contributed by atoms with E-state index < -0.39 is 0 Å². The van der Waals surface area contributed by atoms with E-state index in [2.05, 4.69) is 63.1 Å². The van der Waals surface area contributed by atoms with E-state index in [-0.39, 0.29) is 6.03 Å². The number of fused-ring (bicyclic) bond motifs is 2. The summed E-state index contributed by atoms with van der Waals surface area (Å²) >= 11 is 1.65. The first-order valence-corrected chi connectivity index (χ1v) is 13.4. The topological polar surface area (TPSA) is 69.5 Å². The van der Waals surface area contributed by atoms with Crippen LogP contribution in [0, 0.1) is 0 Å². The highest BCUT2D eigenvalue weighted by Gasteiger charge is 2.25. The number of hydrogen-bond donors (Lipinski definition) is 1. The van der Waals surface area contributed by atoms with Crippen molar-refractivity contribution in [2.24, 2.45) is 7.05 Å². The number of carbonyl (C=O) groups excluding carboxylic acids is 1. The first kappa shape index (κ1) is 23.0. The maximum Gasteiger partial charge on any atom is 0.320 e. The zero-order valence-electron chi connectivity index (χ0n) is 20.8. The smallest absolute Gasteiger partial charge is 0.320 e. The first-order valence-electron chi connectivity index (χ1n) is 12.5. The van der Waals surface area contributed by atoms with Crippen LogP contribution < -0.4 is 5.32 Å². The Morgan fingerprint density at radius 2 is 1.92 bits per heavy atom. The van der Waals surface area contributed by atoms with Gasteiger partial charge in [0.2, 0.25) is 0 Å². The predicted molar refractivity (Wildman–Crippen MR) is 147 cm³/mol. The number of likely N-dealkylation sites (N-methyl/N-ethyl adjacent to an activating group) is 1. The second-order valence-corrected chi connectivity index (χ2v) is 10.6. The van der Waals surface area contributed by atoms with Gasteiger partial charge in [-0.1, -0.05) is 6.08 Å². The lowest BCUT2D eigenvalue weighted by molar-refractivity contribution is 0.159. The number of aromatic nitrogens is 3. The number of carbonyl (C=O) groups is 1. The SMILES string of the molecule is CN1CCCN(C(=O)N2CC=C(c3cc4c(Nc5ccc6ncsc6c5)ccnc4n3C)CC2)CC1. The van der Waals surface area contributed by atoms with Crippen LogP contribution in [0.15, 0.2) is 48.1 Å². The maximum atomic E-state index is 13.1. The third kappa shape index (κ3) is 4.33. The van der Waals surface area contributed by atoms with Crippen molar-refractivity contribution < 1.29 is 4.79 Å². The fraction of sp³-hybridized carbons (Fsp3) is 0.370. The number of hydrogen-bond acceptors (Lipinski definition) is 6. The molecule has 2 aliphatic heterocycles. The standard InChI is InChI=1S/C27H31N7OS/c1-31-10-3-11-33(15-14-31)27(35)34-12-7-19(8-13-34)24-17-21-22(6-9-28-26(21)32(24)2)30-20-4-5-23-25(16-20)36-18-29-23/h4-7,9,16-18H,3,8,10-15H2,1-2H3,(H,28,30). The lowest BCUT2D eigenvalue weighted by Gasteiger charge is -2.32. The van der Waals surface area contributed by atoms with Crippen molar-refractivity contribution in [1.82, 2.24) is 29.2 Å². The van der Waals surface area contributed by atoms with Crippen molar-refractivity contribution >= 4 is 55.6 Å². The Bertz CT molecular complexity index is 1460. The molecular weight excluding hydrogens is 470 g/mol. The zero-order chi connectivity index (χ0) is 24.6. The molecule has 0 spiro atoms. The van der Waals surface area contributed by atoms with Crippen LogP contribution in [0.4, 0.5) is 16.2 Å². The monoisotopic (exact) mass is 501 g/mol. The molecule has 4 aromatic rings. The minimum atomic E-state index is 0.170. The molecular formula is C27H31N7OS. The van der Waals surface area contributed by atoms with E-state index in [1.807, 2.05) is 33.6 Å². The number of nitrogens with zero attached hydrogens (tertiary/aromatic N) is 6. The summed E-state index contributed by atoms with van der Waals surface area (Å²) in [4.78, 5) is 28.5. The molecule has 1 saturated heterocycles. The lowest BCUT2D eigenvalue weighted by Crippen LogP contribution is -2.46. The van der Waals surface area contributed by atoms with E-state index >= 15 is 0 Å². The van der Waals surface area contributed by atoms with Gasteiger partial charge in [0.1, 0.15) is 5.65 Å². The highest BCUT2D eigenvalue weighted by molar-refractivity contribution is 7.16. The molecule has 0 atom stereocenters. The van der Waals surface area contributed by atoms with Crippen LogP contribution in [0.1, 0.15) is 18.5 Å². The average Bonchev–Trinajstić information content (AvgIpc) is 3.43. The van der Waals surface area contributed by atoms with Gasteiger partial charge in [-0.05, 0) is 62.3 Å². The molecule has 0 radical (unpaired) electrons. The molecule has 0 unspecified atom stereocenters. The van der Waals surface area contributed by atoms with Gasteiger partial charge in [0.25, 0.3) is 0 Å². The summed E-state index contributed by atoms with van der Waals surface area (Å²) in [6.07, 6.45) is 5.95. The van der Waals surface area contributed by atoms with Gasteiger partial charge in [-0.15, -0.1) is 11.3 Å². The van der Waals surface area contributed by atoms with E-state index in [0.29, 0.717) is 6.54 Å². The number of rotatable bonds is 3. The van der Waals surface area contributed by atoms with Crippen LogP contribution in [0.3, 0.4) is 0 Å². The van der Waals surface area contributed by atoms with Crippen LogP contribution >= 0.6 is 11.3 Å². The van der Waals surface area contributed by atoms with Gasteiger partial charge < -0.3 is 24.6 Å². The van der Waals surface area contributed by atoms with Gasteiger partial charge in [-0.2, -0.15) is 0 Å². The van der Waals surface area contributed by atoms with Gasteiger partial charge in [-0.25, -0.2) is 14.8 Å². The number of thiazole rings is 1. The van der Waals surface area contributed by atoms with Crippen molar-refractivity contribution in [1.29, 1.82) is 0 Å². The molecule has 0 saturated carbocycles. The van der Waals surface area contributed by atoms with Crippen molar-refractivity contribution in [3.05, 3.63) is 53.8 Å². The summed E-state index contributed by atoms with van der Waals surface area (Å²) in [5.74, 6) is 0. The molecule has 2 aliphatic rings. The second kappa shape index (κ2) is 9.55. The molecule has 36 heavy (non-hydrogen) atoms. The normalized spacial score (nSPS) is 17.4. The fourth-order valence-electron chi connectivity index (χ4n) is 5.24. The number of aryl methyl sites for hydroxylation is 1. The Morgan fingerprint density at radius 3 is 2.78 bits per heavy atom. The van der Waals surface area contributed by atoms with Crippen molar-refractivity contribution in [3.63, 3.8) is 0 Å². The summed E-state index contributed by atoms with van der Waals surface area (Å²) in [6, 6.07) is 10.7. The molecule has 5 heterocycles. The van der Waals surface area contributed by atoms with Gasteiger partial charge >= 0.3 is 6.03 Å². The number of benzene rings is 1. The molecule has 3 aromatic heterocycles. The van der Waals surface area contributed by atoms with Crippen LogP contribution in [0.5, 0.6) is 0 Å². The molecule has 9 heteroatoms. The third-order valence-corrected chi connectivity index (χ3v) is 8.13. The summed E-state index contributed by atoms with van der Waals surface area (Å²) < 4.78 is 3.33. The van der Waals surface area contributed by atoms with E-state index in [1.165, 1.54) is 5.57 Å². The molecule has 6 rings (SSSR count). The Hall–Kier alpha value is -3.43. The minimum absolute atomic E-state index is 0.170. The van der Waals surface area contributed by atoms with Crippen LogP contribution in [0.25, 0.3) is 26.8 Å². The Labute approximate surface area is 214 Å². The largest absolute Gasteiger partial charge is 0.355 e. The first-order chi connectivity index (χ1) is 17.6. The number of pyridine rings is 1. The average molecular weight is 502 g/mol. The lowest BCUT2D eigenvalue weighted by atomic mass is 10.0. The summed E-state index contributed by atoms with van der Waals surface area (Å²) in [7, 11) is 4.20. The Balaban J connectivity index is 1.22. The number of anilines is 2. The summed E-state index contributed by atoms with van der Waals surface area (Å²) in [6.45, 7) is 5.04. The molecule has 0 aliphatic carbocycles. The van der Waals surface area contributed by atoms with E-state index in [0.717, 1.165) is 83.9 Å². The molecule has 1 fully saturated rings. The molecule has 8 nitrogen and oxygen atoms in total. The predicted octanol–water partition coefficient (Wildman–Crippen LogP) is 4.77. The second-order valence-electron chi connectivity index (χ2n) is 9.70. The Morgan fingerprint density at radius 1 is 1.00 bits per heavy atom. The van der Waals surface area contributed by atoms with Crippen LogP contribution in [0.2, 0.25) is 0 Å². The molecule has 1 aromatic carbocycles. The number of nitrogens with one attached hydrogen (secondary N) is 1. The van der Waals surface area contributed by atoms with Crippen molar-refractivity contribution in [2.75, 3.05) is 51.6 Å². The van der Waals surface area contributed by atoms with Gasteiger partial charge in [0.05, 0.1) is 21.4 Å².